The summed E-state index contributed by atoms with van der Waals surface area (Å²) in [5, 5.41) is 3.10. The zero-order valence-corrected chi connectivity index (χ0v) is 8.03. The van der Waals surface area contributed by atoms with Crippen LogP contribution in [0, 0.1) is 0 Å². The van der Waals surface area contributed by atoms with Crippen LogP contribution in [-0.4, -0.2) is 11.5 Å². The van der Waals surface area contributed by atoms with E-state index in [-0.39, 0.29) is 0 Å². The van der Waals surface area contributed by atoms with Crippen molar-refractivity contribution in [3.05, 3.63) is 16.6 Å². The van der Waals surface area contributed by atoms with Gasteiger partial charge < -0.3 is 5.73 Å². The maximum Gasteiger partial charge on any atom is 0.0937 e. The third-order valence-electron chi connectivity index (χ3n) is 0.842. The topological polar surface area (TPSA) is 38.9 Å². The average Bonchev–Trinajstić information content (AvgIpc) is 2.42. The summed E-state index contributed by atoms with van der Waals surface area (Å²) in [6.07, 6.45) is 3.97. The number of thiazole rings is 1. The molecule has 0 radical (unpaired) electrons. The zero-order chi connectivity index (χ0) is 8.53. The fourth-order valence-electron chi connectivity index (χ4n) is 0.500. The monoisotopic (exact) mass is 172 g/mol. The van der Waals surface area contributed by atoms with E-state index in [9.17, 15) is 0 Å². The van der Waals surface area contributed by atoms with Crippen molar-refractivity contribution in [1.82, 2.24) is 4.98 Å². The lowest BCUT2D eigenvalue weighted by Crippen LogP contribution is -2.01. The number of aromatic nitrogens is 1. The third kappa shape index (κ3) is 6.01. The minimum absolute atomic E-state index is 0.702. The first kappa shape index (κ1) is 10.6. The van der Waals surface area contributed by atoms with E-state index in [1.165, 1.54) is 6.42 Å². The van der Waals surface area contributed by atoms with Crippen LogP contribution in [0.25, 0.3) is 0 Å². The lowest BCUT2D eigenvalue weighted by atomic mass is 10.5. The molecular weight excluding hydrogens is 156 g/mol. The van der Waals surface area contributed by atoms with Crippen molar-refractivity contribution < 1.29 is 0 Å². The van der Waals surface area contributed by atoms with Crippen LogP contribution in [0.1, 0.15) is 25.3 Å². The molecule has 2 N–H and O–H groups in total. The fraction of sp³-hybridized carbons (Fsp3) is 0.625. The molecule has 0 aliphatic rings. The molecule has 1 aromatic heterocycles. The summed E-state index contributed by atoms with van der Waals surface area (Å²) in [7, 11) is 0. The summed E-state index contributed by atoms with van der Waals surface area (Å²) in [6, 6.07) is 0. The van der Waals surface area contributed by atoms with Gasteiger partial charge in [-0.3, -0.25) is 0 Å². The molecule has 0 spiro atoms. The minimum Gasteiger partial charge on any atom is -0.330 e. The van der Waals surface area contributed by atoms with Crippen molar-refractivity contribution in [1.29, 1.82) is 0 Å². The van der Waals surface area contributed by atoms with E-state index in [0.29, 0.717) is 6.54 Å². The molecular formula is C8H16N2S. The summed E-state index contributed by atoms with van der Waals surface area (Å²) in [4.78, 5) is 4.04. The summed E-state index contributed by atoms with van der Waals surface area (Å²) in [6.45, 7) is 4.95. The Bertz CT molecular complexity index is 149. The van der Waals surface area contributed by atoms with Gasteiger partial charge in [-0.05, 0) is 6.54 Å². The standard InChI is InChI=1S/C5H8N2S.C3H8/c6-2-1-5-7-3-4-8-5;1-3-2/h3-4H,1-2,6H2;3H2,1-2H3. The zero-order valence-electron chi connectivity index (χ0n) is 7.21. The van der Waals surface area contributed by atoms with Crippen molar-refractivity contribution in [3.8, 4) is 0 Å². The molecule has 0 atom stereocenters. The van der Waals surface area contributed by atoms with Gasteiger partial charge in [0.2, 0.25) is 0 Å². The highest BCUT2D eigenvalue weighted by Gasteiger charge is 1.89. The predicted octanol–water partition coefficient (Wildman–Crippen LogP) is 2.06. The average molecular weight is 172 g/mol. The summed E-state index contributed by atoms with van der Waals surface area (Å²) >= 11 is 1.66. The van der Waals surface area contributed by atoms with Crippen LogP contribution in [0.3, 0.4) is 0 Å². The molecule has 11 heavy (non-hydrogen) atoms. The summed E-state index contributed by atoms with van der Waals surface area (Å²) in [5.41, 5.74) is 5.29. The van der Waals surface area contributed by atoms with Gasteiger partial charge in [0.1, 0.15) is 0 Å². The maximum atomic E-state index is 5.29. The Hall–Kier alpha value is -0.410. The smallest absolute Gasteiger partial charge is 0.0937 e. The van der Waals surface area contributed by atoms with E-state index < -0.39 is 0 Å². The highest BCUT2D eigenvalue weighted by atomic mass is 32.1. The number of nitrogens with two attached hydrogens (primary N) is 1. The van der Waals surface area contributed by atoms with Crippen LogP contribution in [0.15, 0.2) is 11.6 Å². The summed E-state index contributed by atoms with van der Waals surface area (Å²) < 4.78 is 0. The molecule has 0 unspecified atom stereocenters. The molecule has 3 heteroatoms. The lowest BCUT2D eigenvalue weighted by molar-refractivity contribution is 0.953. The molecule has 2 nitrogen and oxygen atoms in total. The molecule has 0 saturated carbocycles. The molecule has 1 aromatic rings. The Morgan fingerprint density at radius 3 is 2.55 bits per heavy atom. The number of hydrogen-bond donors (Lipinski definition) is 1. The van der Waals surface area contributed by atoms with Gasteiger partial charge in [-0.25, -0.2) is 4.98 Å². The van der Waals surface area contributed by atoms with Gasteiger partial charge in [0.25, 0.3) is 0 Å². The van der Waals surface area contributed by atoms with Crippen molar-refractivity contribution in [2.24, 2.45) is 5.73 Å². The van der Waals surface area contributed by atoms with Crippen LogP contribution >= 0.6 is 11.3 Å². The van der Waals surface area contributed by atoms with Crippen LogP contribution in [0.2, 0.25) is 0 Å². The molecule has 64 valence electrons. The number of rotatable bonds is 2. The molecule has 0 bridgehead atoms. The summed E-state index contributed by atoms with van der Waals surface area (Å²) in [5.74, 6) is 0. The quantitative estimate of drug-likeness (QED) is 0.741. The number of nitrogens with zero attached hydrogens (tertiary/aromatic N) is 1. The second kappa shape index (κ2) is 7.69. The Kier molecular flexibility index (Phi) is 7.41. The Morgan fingerprint density at radius 2 is 2.18 bits per heavy atom. The van der Waals surface area contributed by atoms with Gasteiger partial charge in [-0.1, -0.05) is 20.3 Å². The third-order valence-corrected chi connectivity index (χ3v) is 1.68. The van der Waals surface area contributed by atoms with E-state index in [1.807, 2.05) is 5.38 Å². The molecule has 0 amide bonds. The molecule has 0 saturated heterocycles. The van der Waals surface area contributed by atoms with Gasteiger partial charge in [0, 0.05) is 18.0 Å². The Balaban J connectivity index is 0.000000292. The molecule has 1 heterocycles. The molecule has 1 rings (SSSR count). The second-order valence-electron chi connectivity index (χ2n) is 2.17. The SMILES string of the molecule is CCC.NCCc1nccs1. The second-order valence-corrected chi connectivity index (χ2v) is 3.15. The predicted molar refractivity (Wildman–Crippen MR) is 50.8 cm³/mol. The number of hydrogen-bond acceptors (Lipinski definition) is 3. The van der Waals surface area contributed by atoms with Gasteiger partial charge in [0.15, 0.2) is 0 Å². The Labute approximate surface area is 72.5 Å². The first-order valence-electron chi connectivity index (χ1n) is 3.93. The van der Waals surface area contributed by atoms with E-state index in [4.69, 9.17) is 5.73 Å². The van der Waals surface area contributed by atoms with E-state index in [0.717, 1.165) is 11.4 Å². The first-order chi connectivity index (χ1) is 5.35. The van der Waals surface area contributed by atoms with E-state index in [2.05, 4.69) is 18.8 Å². The van der Waals surface area contributed by atoms with Crippen LogP contribution in [0.5, 0.6) is 0 Å². The highest BCUT2D eigenvalue weighted by molar-refractivity contribution is 7.09. The van der Waals surface area contributed by atoms with Gasteiger partial charge >= 0.3 is 0 Å². The maximum absolute atomic E-state index is 5.29. The van der Waals surface area contributed by atoms with Crippen molar-refractivity contribution in [2.45, 2.75) is 26.7 Å². The van der Waals surface area contributed by atoms with Crippen molar-refractivity contribution in [3.63, 3.8) is 0 Å². The van der Waals surface area contributed by atoms with Gasteiger partial charge in [-0.2, -0.15) is 0 Å². The minimum atomic E-state index is 0.702. The van der Waals surface area contributed by atoms with Crippen LogP contribution in [0.4, 0.5) is 0 Å². The molecule has 0 fully saturated rings. The molecule has 0 aromatic carbocycles. The van der Waals surface area contributed by atoms with Crippen LogP contribution in [-0.2, 0) is 6.42 Å². The van der Waals surface area contributed by atoms with Crippen LogP contribution < -0.4 is 5.73 Å². The normalized spacial score (nSPS) is 8.64. The lowest BCUT2D eigenvalue weighted by Gasteiger charge is -1.84. The van der Waals surface area contributed by atoms with E-state index >= 15 is 0 Å². The van der Waals surface area contributed by atoms with Gasteiger partial charge in [0.05, 0.1) is 5.01 Å². The van der Waals surface area contributed by atoms with Gasteiger partial charge in [-0.15, -0.1) is 11.3 Å². The highest BCUT2D eigenvalue weighted by Crippen LogP contribution is 2.02. The molecule has 0 aliphatic carbocycles. The Morgan fingerprint density at radius 1 is 1.55 bits per heavy atom. The molecule has 0 aliphatic heterocycles. The van der Waals surface area contributed by atoms with Crippen molar-refractivity contribution >= 4 is 11.3 Å². The first-order valence-corrected chi connectivity index (χ1v) is 4.81. The van der Waals surface area contributed by atoms with E-state index in [1.54, 1.807) is 17.5 Å². The fourth-order valence-corrected chi connectivity index (χ4v) is 1.14. The van der Waals surface area contributed by atoms with Crippen molar-refractivity contribution in [2.75, 3.05) is 6.54 Å². The largest absolute Gasteiger partial charge is 0.330 e.